The van der Waals surface area contributed by atoms with E-state index < -0.39 is 0 Å². The summed E-state index contributed by atoms with van der Waals surface area (Å²) in [5.74, 6) is 5.00. The number of benzene rings is 4. The van der Waals surface area contributed by atoms with Gasteiger partial charge in [-0.05, 0) is 49.9 Å². The first-order valence-electron chi connectivity index (χ1n) is 42.1. The summed E-state index contributed by atoms with van der Waals surface area (Å²) in [4.78, 5) is 8.11. The molecular weight excluding hydrogens is 1500 g/mol. The molecular formula is C88H132N4O8S8. The van der Waals surface area contributed by atoms with Gasteiger partial charge in [0.25, 0.3) is 0 Å². The van der Waals surface area contributed by atoms with E-state index in [1.54, 1.807) is 0 Å². The maximum Gasteiger partial charge on any atom is 0.230 e. The molecule has 600 valence electrons. The molecule has 8 bridgehead atoms. The second kappa shape index (κ2) is 46.6. The lowest BCUT2D eigenvalue weighted by molar-refractivity contribution is 0.0927. The summed E-state index contributed by atoms with van der Waals surface area (Å²) in [5.41, 5.74) is 12.4. The molecule has 5 aliphatic rings. The fourth-order valence-corrected chi connectivity index (χ4v) is 17.9. The maximum atomic E-state index is 7.39. The highest BCUT2D eigenvalue weighted by molar-refractivity contribution is 8.11. The molecule has 0 aromatic heterocycles. The molecule has 12 nitrogen and oxygen atoms in total. The minimum Gasteiger partial charge on any atom is -0.457 e. The highest BCUT2D eigenvalue weighted by Gasteiger charge is 2.43. The van der Waals surface area contributed by atoms with Crippen molar-refractivity contribution in [3.8, 4) is 46.0 Å². The van der Waals surface area contributed by atoms with Gasteiger partial charge in [-0.3, -0.25) is 0 Å². The predicted octanol–water partition coefficient (Wildman–Crippen LogP) is 25.7. The summed E-state index contributed by atoms with van der Waals surface area (Å²) in [6.07, 6.45) is 46.5. The molecule has 0 unspecified atom stereocenters. The Morgan fingerprint density at radius 3 is 0.537 bits per heavy atom. The van der Waals surface area contributed by atoms with Crippen LogP contribution in [0, 0.1) is 0 Å². The Labute approximate surface area is 695 Å². The Morgan fingerprint density at radius 2 is 0.398 bits per heavy atom. The van der Waals surface area contributed by atoms with Crippen LogP contribution in [0.15, 0.2) is 24.3 Å². The first-order chi connectivity index (χ1) is 52.5. The second-order valence-electron chi connectivity index (χ2n) is 31.6. The zero-order chi connectivity index (χ0) is 76.9. The van der Waals surface area contributed by atoms with Crippen LogP contribution in [0.3, 0.4) is 0 Å². The SMILES string of the molecule is CCCCCCCCCCCC1c2cc3c4c(CN(C)C(=S)S)c2OCOc2c1cc1c(c2CN(C)C(=S)S)OCOc2c(cc5c(c2CN(C)C(=S)S)OCOc2c(cc(c(c2CN(C)C(=S)S)OCO4)C3CCCCCCCCCCC)C5CCCCCCCCCCC)C1CCCCCCCCCCC. The number of rotatable bonds is 48. The molecule has 0 N–H and O–H groups in total. The molecule has 0 fully saturated rings. The first-order valence-corrected chi connectivity index (χ1v) is 45.5. The van der Waals surface area contributed by atoms with E-state index >= 15 is 0 Å². The minimum atomic E-state index is -0.239. The molecule has 0 saturated heterocycles. The van der Waals surface area contributed by atoms with Crippen LogP contribution in [-0.2, 0) is 26.2 Å². The average Bonchev–Trinajstić information content (AvgIpc) is 0.721. The highest BCUT2D eigenvalue weighted by Crippen LogP contribution is 2.59. The Balaban J connectivity index is 1.42. The molecule has 0 amide bonds. The summed E-state index contributed by atoms with van der Waals surface area (Å²) < 4.78 is 61.0. The highest BCUT2D eigenvalue weighted by atomic mass is 32.1. The van der Waals surface area contributed by atoms with Crippen LogP contribution in [0.25, 0.3) is 0 Å². The Morgan fingerprint density at radius 1 is 0.259 bits per heavy atom. The number of hydrogen-bond donors (Lipinski definition) is 4. The molecule has 0 spiro atoms. The monoisotopic (exact) mass is 1630 g/mol. The normalized spacial score (nSPS) is 16.3. The lowest BCUT2D eigenvalue weighted by Crippen LogP contribution is -2.29. The number of unbranched alkanes of at least 4 members (excludes halogenated alkanes) is 32. The molecule has 4 heterocycles. The van der Waals surface area contributed by atoms with Gasteiger partial charge in [0.15, 0.2) is 0 Å². The fraction of sp³-hybridized carbons (Fsp3) is 0.682. The smallest absolute Gasteiger partial charge is 0.230 e. The van der Waals surface area contributed by atoms with Crippen molar-refractivity contribution < 1.29 is 37.9 Å². The third-order valence-electron chi connectivity index (χ3n) is 23.4. The second-order valence-corrected chi connectivity index (χ2v) is 36.1. The molecule has 9 rings (SSSR count). The van der Waals surface area contributed by atoms with Gasteiger partial charge in [0.2, 0.25) is 27.2 Å². The van der Waals surface area contributed by atoms with Crippen molar-refractivity contribution >= 4 is 117 Å². The van der Waals surface area contributed by atoms with Gasteiger partial charge in [-0.1, -0.05) is 308 Å². The summed E-state index contributed by atoms with van der Waals surface area (Å²) in [5, 5.41) is 0. The van der Waals surface area contributed by atoms with E-state index in [0.717, 1.165) is 215 Å². The van der Waals surface area contributed by atoms with Gasteiger partial charge in [0.05, 0.1) is 48.4 Å². The molecule has 4 aromatic rings. The first kappa shape index (κ1) is 88.2. The predicted molar refractivity (Wildman–Crippen MR) is 477 cm³/mol. The standard InChI is InChI=1S/C88H132N4O8S8/c1-9-13-17-21-25-29-33-37-41-45-61-65-49-67-62(46-42-38-34-30-26-22-18-14-10-2)69-51-71-64(48-44-40-36-32-28-24-20-16-12-4)72-52-70-63(47-43-39-35-31-27-23-19-15-11-3)68-50-66(61)78-74(54-90(6)86(103)104)80(68)96-59-98-82(70)76(56-92(8)88(107)108)84(72)100-60-99-83(71)75(55-91(7)87(105)106)81(69)97-58-95-79(67)73(53-89(5)85(101)102)77(65)93-57-94-78/h49-52,61-64H,9-48,53-60H2,1-8H3,(H,101,102)(H,103,104)(H,105,106)(H,107,108). The van der Waals surface area contributed by atoms with Gasteiger partial charge in [-0.25, -0.2) is 0 Å². The van der Waals surface area contributed by atoms with Gasteiger partial charge in [-0.15, -0.1) is 50.5 Å². The van der Waals surface area contributed by atoms with Crippen molar-refractivity contribution in [1.82, 2.24) is 19.6 Å². The van der Waals surface area contributed by atoms with Crippen molar-refractivity contribution in [2.75, 3.05) is 55.4 Å². The van der Waals surface area contributed by atoms with E-state index in [4.69, 9.17) is 137 Å². The average molecular weight is 1630 g/mol. The summed E-state index contributed by atoms with van der Waals surface area (Å²) in [6, 6.07) is 10.0. The molecule has 4 aliphatic heterocycles. The van der Waals surface area contributed by atoms with Gasteiger partial charge in [0.1, 0.15) is 63.3 Å². The van der Waals surface area contributed by atoms with Crippen molar-refractivity contribution in [1.29, 1.82) is 0 Å². The molecule has 4 aromatic carbocycles. The molecule has 108 heavy (non-hydrogen) atoms. The van der Waals surface area contributed by atoms with Crippen LogP contribution in [0.2, 0.25) is 0 Å². The summed E-state index contributed by atoms with van der Waals surface area (Å²) in [7, 11) is 8.07. The van der Waals surface area contributed by atoms with E-state index in [-0.39, 0.29) is 50.8 Å². The Kier molecular flexibility index (Phi) is 38.0. The van der Waals surface area contributed by atoms with E-state index in [2.05, 4.69) is 52.0 Å². The number of nitrogens with zero attached hydrogens (tertiary/aromatic N) is 4. The number of thiocarbonyl (C=S) groups is 4. The van der Waals surface area contributed by atoms with E-state index in [0.29, 0.717) is 43.5 Å². The fourth-order valence-electron chi connectivity index (χ4n) is 17.4. The molecule has 1 aliphatic carbocycles. The Bertz CT molecular complexity index is 2980. The van der Waals surface area contributed by atoms with Crippen molar-refractivity contribution in [3.05, 3.63) is 91.0 Å². The van der Waals surface area contributed by atoms with Crippen LogP contribution < -0.4 is 37.9 Å². The van der Waals surface area contributed by atoms with Gasteiger partial charge in [-0.2, -0.15) is 0 Å². The van der Waals surface area contributed by atoms with Crippen molar-refractivity contribution in [2.24, 2.45) is 0 Å². The van der Waals surface area contributed by atoms with Gasteiger partial charge in [0, 0.05) is 96.4 Å². The number of thiol groups is 4. The van der Waals surface area contributed by atoms with E-state index in [1.807, 2.05) is 47.8 Å². The number of hydrogen-bond acceptors (Lipinski definition) is 12. The summed E-state index contributed by atoms with van der Waals surface area (Å²) in [6.45, 7) is 10.3. The quantitative estimate of drug-likeness (QED) is 0.0192. The molecule has 0 radical (unpaired) electrons. The van der Waals surface area contributed by atoms with Crippen LogP contribution in [0.4, 0.5) is 0 Å². The van der Waals surface area contributed by atoms with Crippen LogP contribution in [0.1, 0.15) is 375 Å². The van der Waals surface area contributed by atoms with Crippen molar-refractivity contribution in [2.45, 2.75) is 334 Å². The van der Waals surface area contributed by atoms with Crippen LogP contribution in [0.5, 0.6) is 46.0 Å². The van der Waals surface area contributed by atoms with Gasteiger partial charge < -0.3 is 57.5 Å². The maximum absolute atomic E-state index is 7.39. The lowest BCUT2D eigenvalue weighted by Gasteiger charge is -2.38. The Hall–Kier alpha value is -3.76. The third kappa shape index (κ3) is 24.2. The van der Waals surface area contributed by atoms with Crippen molar-refractivity contribution in [3.63, 3.8) is 0 Å². The largest absolute Gasteiger partial charge is 0.457 e. The van der Waals surface area contributed by atoms with Crippen LogP contribution >= 0.6 is 99.4 Å². The topological polar surface area (TPSA) is 86.8 Å². The van der Waals surface area contributed by atoms with Crippen LogP contribution in [-0.4, -0.2) is 92.2 Å². The minimum absolute atomic E-state index is 0.0960. The lowest BCUT2D eigenvalue weighted by atomic mass is 9.74. The van der Waals surface area contributed by atoms with Gasteiger partial charge >= 0.3 is 0 Å². The third-order valence-corrected chi connectivity index (χ3v) is 26.0. The van der Waals surface area contributed by atoms with E-state index in [1.165, 1.54) is 154 Å². The zero-order valence-corrected chi connectivity index (χ0v) is 73.9. The molecule has 0 atom stereocenters. The van der Waals surface area contributed by atoms with E-state index in [9.17, 15) is 0 Å². The summed E-state index contributed by atoms with van der Waals surface area (Å²) >= 11 is 43.5. The number of ether oxygens (including phenoxy) is 8. The molecule has 0 saturated carbocycles. The molecule has 20 heteroatoms. The zero-order valence-electron chi connectivity index (χ0n) is 67.0.